The molecule has 0 amide bonds. The number of carboxylic acid groups (broad SMARTS) is 2. The van der Waals surface area contributed by atoms with Crippen molar-refractivity contribution in [3.8, 4) is 0 Å². The van der Waals surface area contributed by atoms with Crippen LogP contribution < -0.4 is 11.5 Å². The van der Waals surface area contributed by atoms with Crippen LogP contribution in [0.25, 0.3) is 0 Å². The van der Waals surface area contributed by atoms with Crippen LogP contribution in [0.15, 0.2) is 0 Å². The largest absolute Gasteiger partial charge is 0.481 e. The molecule has 0 rings (SSSR count). The Balaban J connectivity index is -0.000000179. The van der Waals surface area contributed by atoms with Gasteiger partial charge in [-0.05, 0) is 25.9 Å². The molecule has 6 N–H and O–H groups in total. The third-order valence-electron chi connectivity index (χ3n) is 1.16. The summed E-state index contributed by atoms with van der Waals surface area (Å²) in [5.41, 5.74) is 10.6. The van der Waals surface area contributed by atoms with Gasteiger partial charge in [-0.25, -0.2) is 0 Å². The van der Waals surface area contributed by atoms with Gasteiger partial charge in [-0.3, -0.25) is 9.59 Å². The van der Waals surface area contributed by atoms with Crippen molar-refractivity contribution in [3.05, 3.63) is 0 Å². The molecule has 6 heteroatoms. The van der Waals surface area contributed by atoms with E-state index in [9.17, 15) is 0 Å². The molecule has 0 fully saturated rings. The van der Waals surface area contributed by atoms with E-state index in [2.05, 4.69) is 0 Å². The molecular formula is C10H24N2O4. The summed E-state index contributed by atoms with van der Waals surface area (Å²) >= 11 is 0. The Kier molecular flexibility index (Phi) is 24.7. The molecule has 0 aliphatic carbocycles. The molecular weight excluding hydrogens is 212 g/mol. The van der Waals surface area contributed by atoms with E-state index in [4.69, 9.17) is 31.3 Å². The van der Waals surface area contributed by atoms with Crippen LogP contribution in [0, 0.1) is 0 Å². The first-order valence-electron chi connectivity index (χ1n) is 5.17. The van der Waals surface area contributed by atoms with Gasteiger partial charge in [0.1, 0.15) is 0 Å². The number of hydrogen-bond donors (Lipinski definition) is 4. The standard InChI is InChI=1S/C6H16N2.2C2H4O2/c7-5-3-1-2-4-6-8;2*1-2(3)4/h1-8H2;2*1H3,(H,3,4). The third-order valence-corrected chi connectivity index (χ3v) is 1.16. The Morgan fingerprint density at radius 1 is 0.812 bits per heavy atom. The third kappa shape index (κ3) is 121. The molecule has 98 valence electrons. The van der Waals surface area contributed by atoms with Gasteiger partial charge in [0.15, 0.2) is 0 Å². The van der Waals surface area contributed by atoms with Crippen molar-refractivity contribution in [2.24, 2.45) is 11.5 Å². The number of hydrogen-bond acceptors (Lipinski definition) is 4. The summed E-state index contributed by atoms with van der Waals surface area (Å²) < 4.78 is 0. The van der Waals surface area contributed by atoms with E-state index in [0.29, 0.717) is 0 Å². The molecule has 16 heavy (non-hydrogen) atoms. The van der Waals surface area contributed by atoms with Crippen LogP contribution in [-0.4, -0.2) is 35.2 Å². The minimum absolute atomic E-state index is 0.824. The Labute approximate surface area is 96.6 Å². The van der Waals surface area contributed by atoms with Gasteiger partial charge in [0.25, 0.3) is 11.9 Å². The van der Waals surface area contributed by atoms with E-state index in [0.717, 1.165) is 39.8 Å². The second-order valence-corrected chi connectivity index (χ2v) is 3.03. The maximum absolute atomic E-state index is 9.00. The highest BCUT2D eigenvalue weighted by molar-refractivity contribution is 5.63. The van der Waals surface area contributed by atoms with Gasteiger partial charge < -0.3 is 21.7 Å². The second-order valence-electron chi connectivity index (χ2n) is 3.03. The highest BCUT2D eigenvalue weighted by Gasteiger charge is 1.83. The summed E-state index contributed by atoms with van der Waals surface area (Å²) in [4.78, 5) is 18.0. The van der Waals surface area contributed by atoms with Crippen molar-refractivity contribution in [2.45, 2.75) is 39.5 Å². The van der Waals surface area contributed by atoms with Gasteiger partial charge in [-0.2, -0.15) is 0 Å². The van der Waals surface area contributed by atoms with Crippen LogP contribution >= 0.6 is 0 Å². The maximum Gasteiger partial charge on any atom is 0.300 e. The zero-order chi connectivity index (χ0) is 13.4. The summed E-state index contributed by atoms with van der Waals surface area (Å²) in [7, 11) is 0. The molecule has 0 radical (unpaired) electrons. The lowest BCUT2D eigenvalue weighted by atomic mass is 10.2. The summed E-state index contributed by atoms with van der Waals surface area (Å²) in [6.07, 6.45) is 4.79. The number of nitrogens with two attached hydrogens (primary N) is 2. The van der Waals surface area contributed by atoms with E-state index in [-0.39, 0.29) is 0 Å². The zero-order valence-electron chi connectivity index (χ0n) is 10.1. The first-order valence-corrected chi connectivity index (χ1v) is 5.17. The summed E-state index contributed by atoms with van der Waals surface area (Å²) in [6.45, 7) is 3.81. The van der Waals surface area contributed by atoms with E-state index in [1.165, 1.54) is 12.8 Å². The fraction of sp³-hybridized carbons (Fsp3) is 0.800. The van der Waals surface area contributed by atoms with Crippen LogP contribution in [0.1, 0.15) is 39.5 Å². The molecule has 0 bridgehead atoms. The molecule has 0 aliphatic rings. The summed E-state index contributed by atoms with van der Waals surface area (Å²) in [5.74, 6) is -1.67. The fourth-order valence-electron chi connectivity index (χ4n) is 0.642. The highest BCUT2D eigenvalue weighted by Crippen LogP contribution is 1.95. The summed E-state index contributed by atoms with van der Waals surface area (Å²) in [6, 6.07) is 0. The van der Waals surface area contributed by atoms with Crippen LogP contribution in [0.5, 0.6) is 0 Å². The molecule has 0 aromatic heterocycles. The fourth-order valence-corrected chi connectivity index (χ4v) is 0.642. The first-order chi connectivity index (χ1) is 7.38. The Morgan fingerprint density at radius 3 is 1.12 bits per heavy atom. The average Bonchev–Trinajstić information content (AvgIpc) is 2.11. The minimum Gasteiger partial charge on any atom is -0.481 e. The number of carboxylic acids is 2. The topological polar surface area (TPSA) is 127 Å². The van der Waals surface area contributed by atoms with E-state index in [1.54, 1.807) is 0 Å². The lowest BCUT2D eigenvalue weighted by molar-refractivity contribution is -0.135. The maximum atomic E-state index is 9.00. The van der Waals surface area contributed by atoms with Gasteiger partial charge in [-0.1, -0.05) is 12.8 Å². The summed E-state index contributed by atoms with van der Waals surface area (Å²) in [5, 5.41) is 14.8. The van der Waals surface area contributed by atoms with Gasteiger partial charge in [0.05, 0.1) is 0 Å². The lowest BCUT2D eigenvalue weighted by Gasteiger charge is -1.94. The number of unbranched alkanes of at least 4 members (excludes halogenated alkanes) is 3. The van der Waals surface area contributed by atoms with Gasteiger partial charge >= 0.3 is 0 Å². The molecule has 0 saturated heterocycles. The normalized spacial score (nSPS) is 8.00. The molecule has 0 heterocycles. The number of carbonyl (C=O) groups is 2. The lowest BCUT2D eigenvalue weighted by Crippen LogP contribution is -2.00. The molecule has 0 atom stereocenters. The molecule has 0 aromatic carbocycles. The Hall–Kier alpha value is -1.14. The van der Waals surface area contributed by atoms with E-state index >= 15 is 0 Å². The molecule has 0 aliphatic heterocycles. The Morgan fingerprint density at radius 2 is 1.00 bits per heavy atom. The van der Waals surface area contributed by atoms with Crippen molar-refractivity contribution >= 4 is 11.9 Å². The molecule has 6 nitrogen and oxygen atoms in total. The zero-order valence-corrected chi connectivity index (χ0v) is 10.1. The highest BCUT2D eigenvalue weighted by atomic mass is 16.4. The molecule has 0 saturated carbocycles. The average molecular weight is 236 g/mol. The van der Waals surface area contributed by atoms with E-state index < -0.39 is 11.9 Å². The van der Waals surface area contributed by atoms with Crippen molar-refractivity contribution in [1.82, 2.24) is 0 Å². The van der Waals surface area contributed by atoms with Crippen molar-refractivity contribution < 1.29 is 19.8 Å². The number of aliphatic carboxylic acids is 2. The first kappa shape index (κ1) is 20.3. The smallest absolute Gasteiger partial charge is 0.300 e. The van der Waals surface area contributed by atoms with Crippen molar-refractivity contribution in [1.29, 1.82) is 0 Å². The second kappa shape index (κ2) is 19.4. The number of rotatable bonds is 5. The predicted octanol–water partition coefficient (Wildman–Crippen LogP) is 0.646. The van der Waals surface area contributed by atoms with Gasteiger partial charge in [-0.15, -0.1) is 0 Å². The van der Waals surface area contributed by atoms with Crippen LogP contribution in [-0.2, 0) is 9.59 Å². The van der Waals surface area contributed by atoms with Gasteiger partial charge in [0, 0.05) is 13.8 Å². The van der Waals surface area contributed by atoms with Crippen LogP contribution in [0.3, 0.4) is 0 Å². The SMILES string of the molecule is CC(=O)O.CC(=O)O.NCCCCCCN. The molecule has 0 aromatic rings. The molecule has 0 unspecified atom stereocenters. The predicted molar refractivity (Wildman–Crippen MR) is 63.2 cm³/mol. The monoisotopic (exact) mass is 236 g/mol. The van der Waals surface area contributed by atoms with Crippen LogP contribution in [0.4, 0.5) is 0 Å². The van der Waals surface area contributed by atoms with Gasteiger partial charge in [0.2, 0.25) is 0 Å². The Bertz CT molecular complexity index is 137. The van der Waals surface area contributed by atoms with Crippen molar-refractivity contribution in [3.63, 3.8) is 0 Å². The van der Waals surface area contributed by atoms with Crippen molar-refractivity contribution in [2.75, 3.05) is 13.1 Å². The molecule has 0 spiro atoms. The quantitative estimate of drug-likeness (QED) is 0.519. The van der Waals surface area contributed by atoms with Crippen LogP contribution in [0.2, 0.25) is 0 Å². The van der Waals surface area contributed by atoms with E-state index in [1.807, 2.05) is 0 Å². The minimum atomic E-state index is -0.833.